The minimum absolute atomic E-state index is 0. The molecule has 0 aliphatic rings. The van der Waals surface area contributed by atoms with Gasteiger partial charge in [0.05, 0.1) is 0 Å². The van der Waals surface area contributed by atoms with E-state index in [1.807, 2.05) is 0 Å². The molecular formula is HBCuF4O. The summed E-state index contributed by atoms with van der Waals surface area (Å²) in [6, 6.07) is 0. The van der Waals surface area contributed by atoms with Crippen molar-refractivity contribution in [1.82, 2.24) is 0 Å². The van der Waals surface area contributed by atoms with Gasteiger partial charge in [-0.25, -0.2) is 0 Å². The first-order valence-electron chi connectivity index (χ1n) is 0.996. The Hall–Kier alpha value is 0.104. The van der Waals surface area contributed by atoms with E-state index in [0.717, 1.165) is 0 Å². The van der Waals surface area contributed by atoms with Crippen LogP contribution in [0, 0.1) is 0 Å². The zero-order valence-corrected chi connectivity index (χ0v) is 3.74. The third kappa shape index (κ3) is 9430. The van der Waals surface area contributed by atoms with Gasteiger partial charge in [0.15, 0.2) is 0 Å². The van der Waals surface area contributed by atoms with Crippen molar-refractivity contribution in [2.75, 3.05) is 0 Å². The second-order valence-electron chi connectivity index (χ2n) is 0.495. The van der Waals surface area contributed by atoms with Crippen molar-refractivity contribution >= 4 is 7.25 Å². The molecule has 0 radical (unpaired) electrons. The third-order valence-electron chi connectivity index (χ3n) is 0. The van der Waals surface area contributed by atoms with Crippen molar-refractivity contribution in [2.45, 2.75) is 0 Å². The summed E-state index contributed by atoms with van der Waals surface area (Å²) >= 11 is 2.94. The van der Waals surface area contributed by atoms with Gasteiger partial charge in [-0.05, 0) is 0 Å². The number of halogens is 4. The first-order chi connectivity index (χ1) is 3.00. The Labute approximate surface area is 46.7 Å². The van der Waals surface area contributed by atoms with Gasteiger partial charge in [0.25, 0.3) is 0 Å². The zero-order chi connectivity index (χ0) is 6.50. The fourth-order valence-corrected chi connectivity index (χ4v) is 0. The molecule has 0 bridgehead atoms. The molecule has 0 atom stereocenters. The second kappa shape index (κ2) is 4.27. The summed E-state index contributed by atoms with van der Waals surface area (Å²) in [5, 5.41) is 0. The van der Waals surface area contributed by atoms with Crippen molar-refractivity contribution in [3.8, 4) is 0 Å². The van der Waals surface area contributed by atoms with Gasteiger partial charge in [-0.2, -0.15) is 0 Å². The van der Waals surface area contributed by atoms with E-state index in [1.165, 1.54) is 0 Å². The normalized spacial score (nSPS) is 9.43. The van der Waals surface area contributed by atoms with Gasteiger partial charge in [-0.1, -0.05) is 0 Å². The van der Waals surface area contributed by atoms with Crippen molar-refractivity contribution in [1.29, 1.82) is 0 Å². The molecular weight excluding hydrogens is 166 g/mol. The van der Waals surface area contributed by atoms with Gasteiger partial charge in [-0.3, -0.25) is 0 Å². The van der Waals surface area contributed by atoms with Crippen molar-refractivity contribution in [3.63, 3.8) is 0 Å². The topological polar surface area (TPSA) is 17.1 Å². The molecule has 0 rings (SSSR count). The SMILES string of the molecule is F[B-](F)(F)F.[H+].[O]=[Cu]. The average molecular weight is 167 g/mol. The van der Waals surface area contributed by atoms with Gasteiger partial charge >= 0.3 is 28.5 Å². The van der Waals surface area contributed by atoms with Crippen LogP contribution in [-0.2, 0) is 19.8 Å². The molecule has 0 saturated heterocycles. The number of hydrogen-bond donors (Lipinski definition) is 0. The summed E-state index contributed by atoms with van der Waals surface area (Å²) in [7, 11) is -6.00. The van der Waals surface area contributed by atoms with E-state index in [2.05, 4.69) is 15.9 Å². The van der Waals surface area contributed by atoms with Crippen LogP contribution >= 0.6 is 0 Å². The maximum absolute atomic E-state index is 9.75. The van der Waals surface area contributed by atoms with Crippen molar-refractivity contribution in [2.24, 2.45) is 0 Å². The molecule has 0 unspecified atom stereocenters. The van der Waals surface area contributed by atoms with E-state index >= 15 is 0 Å². The fourth-order valence-electron chi connectivity index (χ4n) is 0. The second-order valence-corrected chi connectivity index (χ2v) is 0.495. The first kappa shape index (κ1) is 10.2. The first-order valence-corrected chi connectivity index (χ1v) is 1.38. The molecule has 7 heavy (non-hydrogen) atoms. The molecule has 0 N–H and O–H groups in total. The molecule has 0 aromatic heterocycles. The molecule has 1 nitrogen and oxygen atoms in total. The monoisotopic (exact) mass is 167 g/mol. The van der Waals surface area contributed by atoms with Crippen LogP contribution in [0.3, 0.4) is 0 Å². The van der Waals surface area contributed by atoms with Crippen LogP contribution in [0.15, 0.2) is 0 Å². The summed E-state index contributed by atoms with van der Waals surface area (Å²) in [5.41, 5.74) is 0. The zero-order valence-electron chi connectivity index (χ0n) is 3.80. The predicted molar refractivity (Wildman–Crippen MR) is 12.0 cm³/mol. The molecule has 0 fully saturated rings. The summed E-state index contributed by atoms with van der Waals surface area (Å²) in [6.45, 7) is 0. The molecule has 0 aliphatic heterocycles. The Bertz CT molecular complexity index is 39.8. The quantitative estimate of drug-likeness (QED) is 0.392. The molecule has 7 heteroatoms. The van der Waals surface area contributed by atoms with E-state index in [1.54, 1.807) is 0 Å². The Balaban J connectivity index is -0.0000000750. The van der Waals surface area contributed by atoms with E-state index < -0.39 is 7.25 Å². The maximum atomic E-state index is 9.75. The van der Waals surface area contributed by atoms with Crippen LogP contribution in [0.1, 0.15) is 1.43 Å². The van der Waals surface area contributed by atoms with Crippen LogP contribution < -0.4 is 0 Å². The Morgan fingerprint density at radius 1 is 1.14 bits per heavy atom. The van der Waals surface area contributed by atoms with Crippen molar-refractivity contribution < 1.29 is 38.5 Å². The summed E-state index contributed by atoms with van der Waals surface area (Å²) < 4.78 is 46.8. The molecule has 49 valence electrons. The number of rotatable bonds is 0. The third-order valence-corrected chi connectivity index (χ3v) is 0. The molecule has 0 amide bonds. The summed E-state index contributed by atoms with van der Waals surface area (Å²) in [5.74, 6) is 0. The minimum atomic E-state index is -6.00. The van der Waals surface area contributed by atoms with E-state index in [0.29, 0.717) is 0 Å². The summed E-state index contributed by atoms with van der Waals surface area (Å²) in [6.07, 6.45) is 0. The molecule has 0 aliphatic carbocycles. The molecule has 0 aromatic carbocycles. The van der Waals surface area contributed by atoms with Crippen molar-refractivity contribution in [3.05, 3.63) is 0 Å². The van der Waals surface area contributed by atoms with Crippen LogP contribution in [0.4, 0.5) is 17.3 Å². The fraction of sp³-hybridized carbons (Fsp3) is 0. The van der Waals surface area contributed by atoms with Gasteiger partial charge in [0, 0.05) is 0 Å². The molecule has 0 spiro atoms. The van der Waals surface area contributed by atoms with Gasteiger partial charge in [-0.15, -0.1) is 0 Å². The Morgan fingerprint density at radius 3 is 1.14 bits per heavy atom. The summed E-state index contributed by atoms with van der Waals surface area (Å²) in [4.78, 5) is 0. The predicted octanol–water partition coefficient (Wildman–Crippen LogP) is 1.29. The van der Waals surface area contributed by atoms with Crippen LogP contribution in [0.2, 0.25) is 0 Å². The Kier molecular flexibility index (Phi) is 6.20. The van der Waals surface area contributed by atoms with E-state index in [-0.39, 0.29) is 1.43 Å². The standard InChI is InChI=1S/BF4.Cu.O/c2-1(3,4)5;;/q-1;;/p+1. The number of hydrogen-bond acceptors (Lipinski definition) is 1. The van der Waals surface area contributed by atoms with Gasteiger partial charge in [0.2, 0.25) is 0 Å². The van der Waals surface area contributed by atoms with Crippen LogP contribution in [0.5, 0.6) is 0 Å². The molecule has 0 heterocycles. The molecule has 0 aromatic rings. The van der Waals surface area contributed by atoms with Gasteiger partial charge in [0.1, 0.15) is 0 Å². The molecule has 0 saturated carbocycles. The van der Waals surface area contributed by atoms with Crippen LogP contribution in [0.25, 0.3) is 0 Å². The van der Waals surface area contributed by atoms with E-state index in [9.17, 15) is 17.3 Å². The Morgan fingerprint density at radius 2 is 1.14 bits per heavy atom. The van der Waals surface area contributed by atoms with E-state index in [4.69, 9.17) is 3.83 Å². The van der Waals surface area contributed by atoms with Crippen LogP contribution in [-0.4, -0.2) is 7.25 Å². The van der Waals surface area contributed by atoms with Gasteiger partial charge < -0.3 is 17.3 Å². The average Bonchev–Trinajstić information content (AvgIpc) is 1.36.